The van der Waals surface area contributed by atoms with Gasteiger partial charge in [-0.25, -0.2) is 0 Å². The molecule has 6 heteroatoms. The van der Waals surface area contributed by atoms with Crippen LogP contribution in [-0.4, -0.2) is 38.2 Å². The minimum absolute atomic E-state index is 0.133. The molecule has 1 saturated heterocycles. The van der Waals surface area contributed by atoms with Gasteiger partial charge in [-0.05, 0) is 31.3 Å². The predicted molar refractivity (Wildman–Crippen MR) is 81.0 cm³/mol. The molecule has 2 heterocycles. The maximum absolute atomic E-state index is 10.0. The average Bonchev–Trinajstić information content (AvgIpc) is 2.94. The first-order valence-electron chi connectivity index (χ1n) is 6.82. The van der Waals surface area contributed by atoms with Crippen molar-refractivity contribution in [2.45, 2.75) is 25.2 Å². The van der Waals surface area contributed by atoms with Gasteiger partial charge in [0.25, 0.3) is 0 Å². The van der Waals surface area contributed by atoms with Gasteiger partial charge in [0.05, 0.1) is 12.3 Å². The van der Waals surface area contributed by atoms with Crippen molar-refractivity contribution in [3.8, 4) is 5.69 Å². The number of aliphatic hydroxyl groups excluding tert-OH is 2. The molecule has 1 aliphatic heterocycles. The molecule has 2 aromatic rings. The van der Waals surface area contributed by atoms with Gasteiger partial charge in [-0.15, -0.1) is 0 Å². The molecule has 1 aromatic carbocycles. The standard InChI is InChI=1S/C15H18N2O3S/c1-9-3-5-10(6-4-9)17-7-11(16(2)15(17)21)14-13(19)12(18)8-20-14/h3-7,12-14,18-19H,8H2,1-2H3/t12-,13-,14+/m1/s1. The maximum atomic E-state index is 10.0. The first-order chi connectivity index (χ1) is 9.99. The normalized spacial score (nSPS) is 25.4. The quantitative estimate of drug-likeness (QED) is 0.828. The van der Waals surface area contributed by atoms with Crippen molar-refractivity contribution in [2.75, 3.05) is 6.61 Å². The number of ether oxygens (including phenoxy) is 1. The topological polar surface area (TPSA) is 59.6 Å². The van der Waals surface area contributed by atoms with Crippen LogP contribution in [0, 0.1) is 11.7 Å². The minimum atomic E-state index is -0.931. The van der Waals surface area contributed by atoms with Crippen LogP contribution < -0.4 is 0 Å². The van der Waals surface area contributed by atoms with E-state index in [4.69, 9.17) is 17.0 Å². The lowest BCUT2D eigenvalue weighted by molar-refractivity contribution is 0.0191. The SMILES string of the molecule is Cc1ccc(-n2cc([C@@H]3OC[C@@H](O)[C@H]3O)n(C)c2=S)cc1. The van der Waals surface area contributed by atoms with E-state index in [1.54, 1.807) is 4.57 Å². The molecule has 1 aliphatic rings. The van der Waals surface area contributed by atoms with E-state index in [0.717, 1.165) is 11.4 Å². The van der Waals surface area contributed by atoms with Gasteiger partial charge in [-0.3, -0.25) is 4.57 Å². The molecule has 21 heavy (non-hydrogen) atoms. The van der Waals surface area contributed by atoms with Gasteiger partial charge in [-0.1, -0.05) is 17.7 Å². The molecular formula is C15H18N2O3S. The number of aryl methyl sites for hydroxylation is 1. The molecule has 0 unspecified atom stereocenters. The van der Waals surface area contributed by atoms with Crippen molar-refractivity contribution < 1.29 is 14.9 Å². The van der Waals surface area contributed by atoms with Gasteiger partial charge >= 0.3 is 0 Å². The summed E-state index contributed by atoms with van der Waals surface area (Å²) in [5, 5.41) is 19.6. The van der Waals surface area contributed by atoms with Gasteiger partial charge in [0.15, 0.2) is 4.77 Å². The molecule has 0 saturated carbocycles. The Morgan fingerprint density at radius 3 is 2.48 bits per heavy atom. The minimum Gasteiger partial charge on any atom is -0.388 e. The van der Waals surface area contributed by atoms with E-state index in [0.29, 0.717) is 4.77 Å². The number of hydrogen-bond donors (Lipinski definition) is 2. The Balaban J connectivity index is 2.04. The molecule has 112 valence electrons. The Labute approximate surface area is 128 Å². The summed E-state index contributed by atoms with van der Waals surface area (Å²) in [6, 6.07) is 8.04. The summed E-state index contributed by atoms with van der Waals surface area (Å²) < 4.78 is 9.79. The molecular weight excluding hydrogens is 288 g/mol. The van der Waals surface area contributed by atoms with E-state index in [1.807, 2.05) is 49.0 Å². The van der Waals surface area contributed by atoms with Crippen molar-refractivity contribution in [1.29, 1.82) is 0 Å². The number of imidazole rings is 1. The number of nitrogens with zero attached hydrogens (tertiary/aromatic N) is 2. The van der Waals surface area contributed by atoms with E-state index in [2.05, 4.69) is 0 Å². The Morgan fingerprint density at radius 1 is 1.24 bits per heavy atom. The number of benzene rings is 1. The zero-order valence-electron chi connectivity index (χ0n) is 11.9. The lowest BCUT2D eigenvalue weighted by atomic mass is 10.1. The first kappa shape index (κ1) is 14.5. The monoisotopic (exact) mass is 306 g/mol. The molecule has 5 nitrogen and oxygen atoms in total. The Kier molecular flexibility index (Phi) is 3.71. The maximum Gasteiger partial charge on any atom is 0.184 e. The zero-order chi connectivity index (χ0) is 15.1. The number of hydrogen-bond acceptors (Lipinski definition) is 4. The predicted octanol–water partition coefficient (Wildman–Crippen LogP) is 1.65. The van der Waals surface area contributed by atoms with Gasteiger partial charge in [0.2, 0.25) is 0 Å². The van der Waals surface area contributed by atoms with E-state index >= 15 is 0 Å². The molecule has 1 fully saturated rings. The van der Waals surface area contributed by atoms with Crippen molar-refractivity contribution in [1.82, 2.24) is 9.13 Å². The van der Waals surface area contributed by atoms with Gasteiger partial charge in [-0.2, -0.15) is 0 Å². The molecule has 0 amide bonds. The van der Waals surface area contributed by atoms with Crippen molar-refractivity contribution in [2.24, 2.45) is 7.05 Å². The lowest BCUT2D eigenvalue weighted by Gasteiger charge is -2.14. The number of aliphatic hydroxyl groups is 2. The van der Waals surface area contributed by atoms with Gasteiger partial charge in [0.1, 0.15) is 18.3 Å². The molecule has 2 N–H and O–H groups in total. The second kappa shape index (κ2) is 5.38. The fourth-order valence-electron chi connectivity index (χ4n) is 2.56. The second-order valence-corrected chi connectivity index (χ2v) is 5.78. The zero-order valence-corrected chi connectivity index (χ0v) is 12.7. The fraction of sp³-hybridized carbons (Fsp3) is 0.400. The molecule has 0 spiro atoms. The molecule has 0 radical (unpaired) electrons. The van der Waals surface area contributed by atoms with E-state index in [1.165, 1.54) is 5.56 Å². The average molecular weight is 306 g/mol. The van der Waals surface area contributed by atoms with Crippen molar-refractivity contribution in [3.63, 3.8) is 0 Å². The highest BCUT2D eigenvalue weighted by atomic mass is 32.1. The Bertz CT molecular complexity index is 705. The largest absolute Gasteiger partial charge is 0.388 e. The van der Waals surface area contributed by atoms with Crippen LogP contribution in [0.4, 0.5) is 0 Å². The van der Waals surface area contributed by atoms with E-state index in [9.17, 15) is 10.2 Å². The summed E-state index contributed by atoms with van der Waals surface area (Å²) >= 11 is 5.46. The van der Waals surface area contributed by atoms with E-state index in [-0.39, 0.29) is 6.61 Å². The summed E-state index contributed by atoms with van der Waals surface area (Å²) in [5.74, 6) is 0. The summed E-state index contributed by atoms with van der Waals surface area (Å²) in [6.07, 6.45) is -0.483. The summed E-state index contributed by atoms with van der Waals surface area (Å²) in [7, 11) is 1.84. The third-order valence-electron chi connectivity index (χ3n) is 3.90. The highest BCUT2D eigenvalue weighted by Gasteiger charge is 2.37. The van der Waals surface area contributed by atoms with Gasteiger partial charge < -0.3 is 19.5 Å². The highest BCUT2D eigenvalue weighted by Crippen LogP contribution is 2.30. The summed E-state index contributed by atoms with van der Waals surface area (Å²) in [6.45, 7) is 2.16. The Hall–Kier alpha value is -1.47. The van der Waals surface area contributed by atoms with Crippen LogP contribution in [0.5, 0.6) is 0 Å². The fourth-order valence-corrected chi connectivity index (χ4v) is 2.83. The third kappa shape index (κ3) is 2.44. The van der Waals surface area contributed by atoms with Crippen LogP contribution in [0.3, 0.4) is 0 Å². The highest BCUT2D eigenvalue weighted by molar-refractivity contribution is 7.71. The molecule has 0 aliphatic carbocycles. The molecule has 3 atom stereocenters. The summed E-state index contributed by atoms with van der Waals surface area (Å²) in [5.41, 5.74) is 2.89. The first-order valence-corrected chi connectivity index (χ1v) is 7.23. The summed E-state index contributed by atoms with van der Waals surface area (Å²) in [4.78, 5) is 0. The molecule has 1 aromatic heterocycles. The smallest absolute Gasteiger partial charge is 0.184 e. The number of rotatable bonds is 2. The Morgan fingerprint density at radius 2 is 1.90 bits per heavy atom. The molecule has 0 bridgehead atoms. The van der Waals surface area contributed by atoms with Crippen LogP contribution in [0.1, 0.15) is 17.4 Å². The van der Waals surface area contributed by atoms with Crippen LogP contribution in [0.15, 0.2) is 30.5 Å². The van der Waals surface area contributed by atoms with Crippen LogP contribution in [0.2, 0.25) is 0 Å². The van der Waals surface area contributed by atoms with Crippen molar-refractivity contribution in [3.05, 3.63) is 46.5 Å². The van der Waals surface area contributed by atoms with Crippen molar-refractivity contribution >= 4 is 12.2 Å². The van der Waals surface area contributed by atoms with E-state index < -0.39 is 18.3 Å². The molecule has 3 rings (SSSR count). The second-order valence-electron chi connectivity index (χ2n) is 5.41. The van der Waals surface area contributed by atoms with Crippen LogP contribution in [-0.2, 0) is 11.8 Å². The number of aromatic nitrogens is 2. The van der Waals surface area contributed by atoms with Crippen LogP contribution >= 0.6 is 12.2 Å². The third-order valence-corrected chi connectivity index (χ3v) is 4.37. The lowest BCUT2D eigenvalue weighted by Crippen LogP contribution is -2.26. The van der Waals surface area contributed by atoms with Crippen LogP contribution in [0.25, 0.3) is 5.69 Å². The van der Waals surface area contributed by atoms with Gasteiger partial charge in [0, 0.05) is 18.9 Å².